The van der Waals surface area contributed by atoms with Crippen molar-refractivity contribution < 1.29 is 9.90 Å². The second-order valence-electron chi connectivity index (χ2n) is 5.46. The Kier molecular flexibility index (Phi) is 6.01. The minimum atomic E-state index is 0.123. The van der Waals surface area contributed by atoms with Crippen LogP contribution in [0.2, 0.25) is 0 Å². The Morgan fingerprint density at radius 3 is 2.80 bits per heavy atom. The fraction of sp³-hybridized carbons (Fsp3) is 0.667. The maximum absolute atomic E-state index is 12.3. The molecule has 1 fully saturated rings. The zero-order valence-corrected chi connectivity index (χ0v) is 12.9. The zero-order valence-electron chi connectivity index (χ0n) is 12.1. The fourth-order valence-corrected chi connectivity index (χ4v) is 3.56. The van der Waals surface area contributed by atoms with Gasteiger partial charge in [0.25, 0.3) is 0 Å². The van der Waals surface area contributed by atoms with Crippen LogP contribution >= 0.6 is 11.3 Å². The number of hydrogen-bond donors (Lipinski definition) is 1. The summed E-state index contributed by atoms with van der Waals surface area (Å²) in [4.78, 5) is 17.5. The first-order valence-corrected chi connectivity index (χ1v) is 8.20. The predicted octanol–water partition coefficient (Wildman–Crippen LogP) is 1.94. The van der Waals surface area contributed by atoms with E-state index >= 15 is 0 Å². The summed E-state index contributed by atoms with van der Waals surface area (Å²) in [5.41, 5.74) is 0. The summed E-state index contributed by atoms with van der Waals surface area (Å²) < 4.78 is 0. The largest absolute Gasteiger partial charge is 0.395 e. The molecule has 1 aromatic rings. The number of aliphatic hydroxyl groups excluding tert-OH is 1. The van der Waals surface area contributed by atoms with E-state index in [1.165, 1.54) is 17.7 Å². The van der Waals surface area contributed by atoms with Gasteiger partial charge in [-0.3, -0.25) is 9.69 Å². The molecule has 1 aliphatic rings. The molecule has 0 bridgehead atoms. The number of hydrogen-bond acceptors (Lipinski definition) is 4. The number of carbonyl (C=O) groups is 1. The van der Waals surface area contributed by atoms with E-state index in [4.69, 9.17) is 0 Å². The van der Waals surface area contributed by atoms with Gasteiger partial charge in [-0.1, -0.05) is 18.9 Å². The highest BCUT2D eigenvalue weighted by atomic mass is 32.1. The number of rotatable bonds is 7. The smallest absolute Gasteiger partial charge is 0.236 e. The molecule has 20 heavy (non-hydrogen) atoms. The van der Waals surface area contributed by atoms with E-state index in [-0.39, 0.29) is 12.5 Å². The highest BCUT2D eigenvalue weighted by Gasteiger charge is 2.25. The van der Waals surface area contributed by atoms with Gasteiger partial charge < -0.3 is 10.0 Å². The fourth-order valence-electron chi connectivity index (χ4n) is 2.81. The van der Waals surface area contributed by atoms with Crippen molar-refractivity contribution >= 4 is 17.2 Å². The average molecular weight is 296 g/mol. The maximum Gasteiger partial charge on any atom is 0.236 e. The van der Waals surface area contributed by atoms with Crippen LogP contribution in [0.3, 0.4) is 0 Å². The summed E-state index contributed by atoms with van der Waals surface area (Å²) in [7, 11) is 1.85. The van der Waals surface area contributed by atoms with E-state index < -0.39 is 0 Å². The van der Waals surface area contributed by atoms with Gasteiger partial charge in [0.2, 0.25) is 5.91 Å². The van der Waals surface area contributed by atoms with Crippen molar-refractivity contribution in [2.75, 3.05) is 26.7 Å². The molecule has 0 unspecified atom stereocenters. The molecule has 1 heterocycles. The maximum atomic E-state index is 12.3. The molecular weight excluding hydrogens is 272 g/mol. The Morgan fingerprint density at radius 2 is 2.20 bits per heavy atom. The van der Waals surface area contributed by atoms with E-state index in [2.05, 4.69) is 11.0 Å². The number of carbonyl (C=O) groups excluding carboxylic acids is 1. The van der Waals surface area contributed by atoms with Crippen molar-refractivity contribution in [2.24, 2.45) is 0 Å². The molecule has 5 heteroatoms. The lowest BCUT2D eigenvalue weighted by molar-refractivity contribution is -0.132. The SMILES string of the molecule is CN(Cc1cccs1)C(=O)CN(CCO)C1CCCC1. The first-order valence-electron chi connectivity index (χ1n) is 7.32. The highest BCUT2D eigenvalue weighted by molar-refractivity contribution is 7.09. The molecule has 1 aliphatic carbocycles. The predicted molar refractivity (Wildman–Crippen MR) is 81.7 cm³/mol. The van der Waals surface area contributed by atoms with E-state index in [1.54, 1.807) is 16.2 Å². The van der Waals surface area contributed by atoms with Crippen molar-refractivity contribution in [1.82, 2.24) is 9.80 Å². The highest BCUT2D eigenvalue weighted by Crippen LogP contribution is 2.23. The summed E-state index contributed by atoms with van der Waals surface area (Å²) in [6, 6.07) is 4.53. The monoisotopic (exact) mass is 296 g/mol. The third-order valence-electron chi connectivity index (χ3n) is 3.97. The van der Waals surface area contributed by atoms with Gasteiger partial charge in [-0.2, -0.15) is 0 Å². The summed E-state index contributed by atoms with van der Waals surface area (Å²) in [5, 5.41) is 11.2. The van der Waals surface area contributed by atoms with Crippen LogP contribution in [0.5, 0.6) is 0 Å². The lowest BCUT2D eigenvalue weighted by Gasteiger charge is -2.29. The minimum absolute atomic E-state index is 0.123. The van der Waals surface area contributed by atoms with Crippen LogP contribution in [0.1, 0.15) is 30.6 Å². The molecule has 0 atom stereocenters. The minimum Gasteiger partial charge on any atom is -0.395 e. The molecule has 0 spiro atoms. The summed E-state index contributed by atoms with van der Waals surface area (Å²) in [5.74, 6) is 0.138. The van der Waals surface area contributed by atoms with E-state index in [9.17, 15) is 9.90 Å². The second-order valence-corrected chi connectivity index (χ2v) is 6.49. The number of amides is 1. The molecule has 112 valence electrons. The normalized spacial score (nSPS) is 15.9. The molecule has 0 aromatic carbocycles. The third-order valence-corrected chi connectivity index (χ3v) is 4.83. The van der Waals surface area contributed by atoms with Crippen LogP contribution in [-0.2, 0) is 11.3 Å². The molecule has 0 aliphatic heterocycles. The van der Waals surface area contributed by atoms with Gasteiger partial charge >= 0.3 is 0 Å². The number of thiophene rings is 1. The molecule has 1 aromatic heterocycles. The molecule has 2 rings (SSSR count). The number of likely N-dealkylation sites (N-methyl/N-ethyl adjacent to an activating group) is 1. The lowest BCUT2D eigenvalue weighted by atomic mass is 10.2. The first kappa shape index (κ1) is 15.5. The Labute approximate surface area is 125 Å². The standard InChI is InChI=1S/C15H24N2O2S/c1-16(11-14-7-4-10-20-14)15(19)12-17(8-9-18)13-5-2-3-6-13/h4,7,10,13,18H,2-3,5-6,8-9,11-12H2,1H3. The van der Waals surface area contributed by atoms with Gasteiger partial charge in [-0.05, 0) is 24.3 Å². The Balaban J connectivity index is 1.86. The Morgan fingerprint density at radius 1 is 1.45 bits per heavy atom. The van der Waals surface area contributed by atoms with Crippen molar-refractivity contribution in [1.29, 1.82) is 0 Å². The second kappa shape index (κ2) is 7.76. The molecule has 0 saturated heterocycles. The van der Waals surface area contributed by atoms with E-state index in [0.29, 0.717) is 25.7 Å². The van der Waals surface area contributed by atoms with Gasteiger partial charge in [0.05, 0.1) is 19.7 Å². The molecule has 1 N–H and O–H groups in total. The van der Waals surface area contributed by atoms with E-state index in [1.807, 2.05) is 18.5 Å². The summed E-state index contributed by atoms with van der Waals surface area (Å²) in [6.07, 6.45) is 4.79. The lowest BCUT2D eigenvalue weighted by Crippen LogP contribution is -2.43. The number of aliphatic hydroxyl groups is 1. The van der Waals surface area contributed by atoms with Crippen LogP contribution < -0.4 is 0 Å². The van der Waals surface area contributed by atoms with Gasteiger partial charge in [0.1, 0.15) is 0 Å². The molecule has 0 radical (unpaired) electrons. The molecular formula is C15H24N2O2S. The van der Waals surface area contributed by atoms with Crippen LogP contribution in [-0.4, -0.2) is 53.6 Å². The van der Waals surface area contributed by atoms with Crippen LogP contribution in [0.15, 0.2) is 17.5 Å². The molecule has 1 saturated carbocycles. The third kappa shape index (κ3) is 4.30. The van der Waals surface area contributed by atoms with Crippen molar-refractivity contribution in [3.8, 4) is 0 Å². The van der Waals surface area contributed by atoms with Crippen LogP contribution in [0.25, 0.3) is 0 Å². The van der Waals surface area contributed by atoms with Crippen molar-refractivity contribution in [3.63, 3.8) is 0 Å². The van der Waals surface area contributed by atoms with Gasteiger partial charge in [0.15, 0.2) is 0 Å². The Hall–Kier alpha value is -0.910. The van der Waals surface area contributed by atoms with Gasteiger partial charge in [-0.25, -0.2) is 0 Å². The molecule has 1 amide bonds. The van der Waals surface area contributed by atoms with Gasteiger partial charge in [0, 0.05) is 24.5 Å². The number of nitrogens with zero attached hydrogens (tertiary/aromatic N) is 2. The van der Waals surface area contributed by atoms with Crippen molar-refractivity contribution in [2.45, 2.75) is 38.3 Å². The average Bonchev–Trinajstić information content (AvgIpc) is 3.11. The van der Waals surface area contributed by atoms with Gasteiger partial charge in [-0.15, -0.1) is 11.3 Å². The zero-order chi connectivity index (χ0) is 14.4. The van der Waals surface area contributed by atoms with Crippen LogP contribution in [0, 0.1) is 0 Å². The van der Waals surface area contributed by atoms with Crippen LogP contribution in [0.4, 0.5) is 0 Å². The topological polar surface area (TPSA) is 43.8 Å². The molecule has 4 nitrogen and oxygen atoms in total. The quantitative estimate of drug-likeness (QED) is 0.836. The summed E-state index contributed by atoms with van der Waals surface area (Å²) in [6.45, 7) is 1.82. The first-order chi connectivity index (χ1) is 9.70. The van der Waals surface area contributed by atoms with E-state index in [0.717, 1.165) is 12.8 Å². The Bertz CT molecular complexity index is 402. The van der Waals surface area contributed by atoms with Crippen molar-refractivity contribution in [3.05, 3.63) is 22.4 Å². The summed E-state index contributed by atoms with van der Waals surface area (Å²) >= 11 is 1.68.